The molecular formula is C14H19N3O2. The molecule has 0 saturated carbocycles. The fourth-order valence-electron chi connectivity index (χ4n) is 3.13. The third-order valence-electron chi connectivity index (χ3n) is 4.29. The van der Waals surface area contributed by atoms with Crippen molar-refractivity contribution in [3.05, 3.63) is 24.4 Å². The van der Waals surface area contributed by atoms with Gasteiger partial charge >= 0.3 is 0 Å². The normalized spacial score (nSPS) is 25.4. The molecule has 0 radical (unpaired) electrons. The molecule has 1 aromatic heterocycles. The second-order valence-corrected chi connectivity index (χ2v) is 5.36. The van der Waals surface area contributed by atoms with Gasteiger partial charge in [0, 0.05) is 32.5 Å². The Kier molecular flexibility index (Phi) is 3.48. The molecule has 0 aliphatic carbocycles. The van der Waals surface area contributed by atoms with Gasteiger partial charge in [-0.15, -0.1) is 0 Å². The summed E-state index contributed by atoms with van der Waals surface area (Å²) in [6, 6.07) is 5.53. The third kappa shape index (κ3) is 2.48. The monoisotopic (exact) mass is 261 g/mol. The topological polar surface area (TPSA) is 63.2 Å². The molecule has 2 saturated heterocycles. The van der Waals surface area contributed by atoms with Crippen LogP contribution in [0, 0.1) is 11.3 Å². The molecule has 1 atom stereocenters. The van der Waals surface area contributed by atoms with E-state index in [9.17, 15) is 4.79 Å². The Bertz CT molecular complexity index is 443. The summed E-state index contributed by atoms with van der Waals surface area (Å²) in [5.41, 5.74) is 0.0666. The molecule has 3 heterocycles. The maximum Gasteiger partial charge on any atom is 0.230 e. The summed E-state index contributed by atoms with van der Waals surface area (Å²) >= 11 is 0. The highest BCUT2D eigenvalue weighted by Crippen LogP contribution is 2.41. The highest BCUT2D eigenvalue weighted by atomic mass is 16.5. The van der Waals surface area contributed by atoms with Gasteiger partial charge in [-0.3, -0.25) is 4.79 Å². The molecule has 5 nitrogen and oxygen atoms in total. The van der Waals surface area contributed by atoms with Gasteiger partial charge in [-0.25, -0.2) is 4.98 Å². The number of hydrogen-bond donors (Lipinski definition) is 2. The number of nitrogens with zero attached hydrogens (tertiary/aromatic N) is 1. The zero-order valence-electron chi connectivity index (χ0n) is 10.9. The van der Waals surface area contributed by atoms with Gasteiger partial charge in [0.25, 0.3) is 0 Å². The predicted octanol–water partition coefficient (Wildman–Crippen LogP) is 1.04. The van der Waals surface area contributed by atoms with Crippen LogP contribution in [0.1, 0.15) is 12.8 Å². The molecular weight excluding hydrogens is 242 g/mol. The summed E-state index contributed by atoms with van der Waals surface area (Å²) in [7, 11) is 0. The molecule has 0 aromatic carbocycles. The number of carbonyl (C=O) groups excluding carboxylic acids is 1. The molecule has 2 aliphatic heterocycles. The summed E-state index contributed by atoms with van der Waals surface area (Å²) < 4.78 is 5.43. The molecule has 2 fully saturated rings. The van der Waals surface area contributed by atoms with Crippen LogP contribution >= 0.6 is 0 Å². The number of aromatic nitrogens is 1. The van der Waals surface area contributed by atoms with Crippen LogP contribution < -0.4 is 10.6 Å². The zero-order chi connectivity index (χ0) is 13.1. The Morgan fingerprint density at radius 3 is 3.00 bits per heavy atom. The average Bonchev–Trinajstić information content (AvgIpc) is 2.84. The number of carbonyl (C=O) groups is 1. The minimum atomic E-state index is 0.0124. The third-order valence-corrected chi connectivity index (χ3v) is 4.29. The van der Waals surface area contributed by atoms with Crippen LogP contribution in [0.5, 0.6) is 0 Å². The molecule has 2 N–H and O–H groups in total. The van der Waals surface area contributed by atoms with Crippen molar-refractivity contribution in [3.8, 4) is 0 Å². The lowest BCUT2D eigenvalue weighted by molar-refractivity contribution is -0.124. The number of rotatable bonds is 2. The molecule has 0 bridgehead atoms. The van der Waals surface area contributed by atoms with E-state index < -0.39 is 0 Å². The van der Waals surface area contributed by atoms with Gasteiger partial charge in [-0.05, 0) is 30.4 Å². The average molecular weight is 261 g/mol. The number of pyridine rings is 1. The Morgan fingerprint density at radius 1 is 1.42 bits per heavy atom. The van der Waals surface area contributed by atoms with Gasteiger partial charge in [-0.2, -0.15) is 0 Å². The van der Waals surface area contributed by atoms with E-state index >= 15 is 0 Å². The van der Waals surface area contributed by atoms with E-state index in [0.29, 0.717) is 5.82 Å². The first-order valence-electron chi connectivity index (χ1n) is 6.81. The van der Waals surface area contributed by atoms with Crippen LogP contribution in [0.2, 0.25) is 0 Å². The van der Waals surface area contributed by atoms with Crippen LogP contribution in [0.25, 0.3) is 0 Å². The Morgan fingerprint density at radius 2 is 2.26 bits per heavy atom. The Balaban J connectivity index is 1.72. The Labute approximate surface area is 112 Å². The van der Waals surface area contributed by atoms with Crippen LogP contribution in [-0.4, -0.2) is 37.2 Å². The van der Waals surface area contributed by atoms with Crippen molar-refractivity contribution in [3.63, 3.8) is 0 Å². The van der Waals surface area contributed by atoms with E-state index in [4.69, 9.17) is 4.74 Å². The largest absolute Gasteiger partial charge is 0.381 e. The summed E-state index contributed by atoms with van der Waals surface area (Å²) in [6.07, 6.45) is 3.60. The molecule has 1 unspecified atom stereocenters. The minimum absolute atomic E-state index is 0.0124. The smallest absolute Gasteiger partial charge is 0.230 e. The summed E-state index contributed by atoms with van der Waals surface area (Å²) in [5.74, 6) is 0.714. The van der Waals surface area contributed by atoms with Crippen molar-refractivity contribution in [2.75, 3.05) is 31.6 Å². The SMILES string of the molecule is O=C(Nc1ccccn1)C1CNCC12CCOCC2. The highest BCUT2D eigenvalue weighted by Gasteiger charge is 2.47. The van der Waals surface area contributed by atoms with Crippen LogP contribution in [0.3, 0.4) is 0 Å². The van der Waals surface area contributed by atoms with E-state index in [-0.39, 0.29) is 17.2 Å². The van der Waals surface area contributed by atoms with E-state index in [1.165, 1.54) is 0 Å². The molecule has 3 rings (SSSR count). The number of amides is 1. The van der Waals surface area contributed by atoms with E-state index in [1.807, 2.05) is 18.2 Å². The van der Waals surface area contributed by atoms with E-state index in [0.717, 1.165) is 39.1 Å². The number of hydrogen-bond acceptors (Lipinski definition) is 4. The fraction of sp³-hybridized carbons (Fsp3) is 0.571. The Hall–Kier alpha value is -1.46. The number of anilines is 1. The molecule has 5 heteroatoms. The first-order chi connectivity index (χ1) is 9.30. The lowest BCUT2D eigenvalue weighted by atomic mass is 9.72. The van der Waals surface area contributed by atoms with Gasteiger partial charge in [0.05, 0.1) is 5.92 Å². The van der Waals surface area contributed by atoms with Gasteiger partial charge in [-0.1, -0.05) is 6.07 Å². The molecule has 1 spiro atoms. The first-order valence-corrected chi connectivity index (χ1v) is 6.81. The lowest BCUT2D eigenvalue weighted by Crippen LogP contribution is -2.42. The maximum absolute atomic E-state index is 12.5. The number of nitrogens with one attached hydrogen (secondary N) is 2. The van der Waals surface area contributed by atoms with Crippen molar-refractivity contribution in [1.82, 2.24) is 10.3 Å². The second-order valence-electron chi connectivity index (χ2n) is 5.36. The van der Waals surface area contributed by atoms with E-state index in [2.05, 4.69) is 15.6 Å². The fourth-order valence-corrected chi connectivity index (χ4v) is 3.13. The maximum atomic E-state index is 12.5. The first kappa shape index (κ1) is 12.6. The standard InChI is InChI=1S/C14H19N3O2/c18-13(17-12-3-1-2-6-16-12)11-9-15-10-14(11)4-7-19-8-5-14/h1-3,6,11,15H,4-5,7-10H2,(H,16,17,18). The van der Waals surface area contributed by atoms with Crippen LogP contribution in [0.15, 0.2) is 24.4 Å². The van der Waals surface area contributed by atoms with Gasteiger partial charge < -0.3 is 15.4 Å². The van der Waals surface area contributed by atoms with Crippen molar-refractivity contribution < 1.29 is 9.53 Å². The molecule has 1 aromatic rings. The van der Waals surface area contributed by atoms with Crippen LogP contribution in [0.4, 0.5) is 5.82 Å². The lowest BCUT2D eigenvalue weighted by Gasteiger charge is -2.37. The molecule has 2 aliphatic rings. The highest BCUT2D eigenvalue weighted by molar-refractivity contribution is 5.92. The quantitative estimate of drug-likeness (QED) is 0.835. The number of ether oxygens (including phenoxy) is 1. The molecule has 1 amide bonds. The van der Waals surface area contributed by atoms with Crippen molar-refractivity contribution in [1.29, 1.82) is 0 Å². The zero-order valence-corrected chi connectivity index (χ0v) is 10.9. The van der Waals surface area contributed by atoms with Gasteiger partial charge in [0.15, 0.2) is 0 Å². The van der Waals surface area contributed by atoms with Crippen molar-refractivity contribution in [2.24, 2.45) is 11.3 Å². The summed E-state index contributed by atoms with van der Waals surface area (Å²) in [4.78, 5) is 16.6. The van der Waals surface area contributed by atoms with Gasteiger partial charge in [0.1, 0.15) is 5.82 Å². The minimum Gasteiger partial charge on any atom is -0.381 e. The van der Waals surface area contributed by atoms with Crippen molar-refractivity contribution in [2.45, 2.75) is 12.8 Å². The molecule has 19 heavy (non-hydrogen) atoms. The van der Waals surface area contributed by atoms with Gasteiger partial charge in [0.2, 0.25) is 5.91 Å². The van der Waals surface area contributed by atoms with Crippen molar-refractivity contribution >= 4 is 11.7 Å². The molecule has 102 valence electrons. The second kappa shape index (κ2) is 5.27. The summed E-state index contributed by atoms with van der Waals surface area (Å²) in [5, 5.41) is 6.29. The predicted molar refractivity (Wildman–Crippen MR) is 71.7 cm³/mol. The van der Waals surface area contributed by atoms with Crippen LogP contribution in [-0.2, 0) is 9.53 Å². The van der Waals surface area contributed by atoms with E-state index in [1.54, 1.807) is 6.20 Å². The summed E-state index contributed by atoms with van der Waals surface area (Å²) in [6.45, 7) is 3.18.